The van der Waals surface area contributed by atoms with Crippen molar-refractivity contribution in [1.82, 2.24) is 19.2 Å². The molecular formula is C14H16ClFN4O2S. The van der Waals surface area contributed by atoms with Gasteiger partial charge in [-0.05, 0) is 25.2 Å². The molecule has 1 aliphatic rings. The summed E-state index contributed by atoms with van der Waals surface area (Å²) in [6, 6.07) is 3.28. The lowest BCUT2D eigenvalue weighted by atomic mass is 10.2. The number of imidazole rings is 1. The molecule has 1 unspecified atom stereocenters. The Morgan fingerprint density at radius 3 is 2.83 bits per heavy atom. The van der Waals surface area contributed by atoms with Gasteiger partial charge < -0.3 is 4.98 Å². The smallest absolute Gasteiger partial charge is 0.243 e. The van der Waals surface area contributed by atoms with Crippen molar-refractivity contribution in [2.45, 2.75) is 10.9 Å². The maximum atomic E-state index is 13.3. The van der Waals surface area contributed by atoms with Crippen molar-refractivity contribution in [1.29, 1.82) is 0 Å². The molecule has 1 saturated heterocycles. The van der Waals surface area contributed by atoms with Gasteiger partial charge in [0.15, 0.2) is 0 Å². The van der Waals surface area contributed by atoms with Crippen LogP contribution >= 0.6 is 11.6 Å². The number of aromatic nitrogens is 2. The lowest BCUT2D eigenvalue weighted by molar-refractivity contribution is 0.142. The van der Waals surface area contributed by atoms with Gasteiger partial charge in [0.05, 0.1) is 16.0 Å². The molecule has 1 atom stereocenters. The highest BCUT2D eigenvalue weighted by Crippen LogP contribution is 2.27. The van der Waals surface area contributed by atoms with Gasteiger partial charge in [0.25, 0.3) is 0 Å². The lowest BCUT2D eigenvalue weighted by Crippen LogP contribution is -2.49. The molecule has 0 radical (unpaired) electrons. The third-order valence-corrected chi connectivity index (χ3v) is 6.13. The Morgan fingerprint density at radius 2 is 2.17 bits per heavy atom. The predicted octanol–water partition coefficient (Wildman–Crippen LogP) is 1.88. The zero-order valence-corrected chi connectivity index (χ0v) is 14.0. The van der Waals surface area contributed by atoms with Crippen LogP contribution in [0.2, 0.25) is 5.02 Å². The van der Waals surface area contributed by atoms with E-state index >= 15 is 0 Å². The van der Waals surface area contributed by atoms with Gasteiger partial charge in [0.2, 0.25) is 10.0 Å². The number of piperazine rings is 1. The SMILES string of the molecule is CN1CCN(S(=O)(=O)c2ccc(F)c(Cl)c2)CC1c1ncc[nH]1. The summed E-state index contributed by atoms with van der Waals surface area (Å²) in [5, 5.41) is -0.206. The Bertz CT molecular complexity index is 797. The first-order valence-corrected chi connectivity index (χ1v) is 8.86. The third kappa shape index (κ3) is 3.12. The first kappa shape index (κ1) is 16.4. The number of benzene rings is 1. The monoisotopic (exact) mass is 358 g/mol. The molecule has 23 heavy (non-hydrogen) atoms. The largest absolute Gasteiger partial charge is 0.347 e. The molecule has 1 aromatic carbocycles. The topological polar surface area (TPSA) is 69.3 Å². The second kappa shape index (κ2) is 6.20. The molecule has 0 saturated carbocycles. The summed E-state index contributed by atoms with van der Waals surface area (Å²) in [5.74, 6) is 0.0713. The van der Waals surface area contributed by atoms with E-state index in [1.807, 2.05) is 11.9 Å². The fourth-order valence-electron chi connectivity index (χ4n) is 2.61. The molecule has 9 heteroatoms. The number of H-pyrrole nitrogens is 1. The van der Waals surface area contributed by atoms with E-state index in [9.17, 15) is 12.8 Å². The minimum Gasteiger partial charge on any atom is -0.347 e. The normalized spacial score (nSPS) is 20.7. The van der Waals surface area contributed by atoms with Crippen molar-refractivity contribution in [2.75, 3.05) is 26.7 Å². The van der Waals surface area contributed by atoms with E-state index in [1.165, 1.54) is 10.4 Å². The van der Waals surface area contributed by atoms with Gasteiger partial charge in [-0.15, -0.1) is 0 Å². The summed E-state index contributed by atoms with van der Waals surface area (Å²) >= 11 is 5.71. The zero-order chi connectivity index (χ0) is 16.6. The van der Waals surface area contributed by atoms with E-state index in [2.05, 4.69) is 9.97 Å². The van der Waals surface area contributed by atoms with Crippen LogP contribution in [-0.2, 0) is 10.0 Å². The van der Waals surface area contributed by atoms with E-state index in [-0.39, 0.29) is 22.5 Å². The highest BCUT2D eigenvalue weighted by Gasteiger charge is 2.34. The van der Waals surface area contributed by atoms with E-state index in [0.29, 0.717) is 18.9 Å². The Morgan fingerprint density at radius 1 is 1.39 bits per heavy atom. The van der Waals surface area contributed by atoms with Crippen molar-refractivity contribution in [3.63, 3.8) is 0 Å². The van der Waals surface area contributed by atoms with Gasteiger partial charge in [0, 0.05) is 32.0 Å². The number of aromatic amines is 1. The van der Waals surface area contributed by atoms with Gasteiger partial charge in [0.1, 0.15) is 11.6 Å². The number of hydrogen-bond donors (Lipinski definition) is 1. The Kier molecular flexibility index (Phi) is 4.41. The van der Waals surface area contributed by atoms with Crippen molar-refractivity contribution < 1.29 is 12.8 Å². The van der Waals surface area contributed by atoms with E-state index in [4.69, 9.17) is 11.6 Å². The molecule has 1 aliphatic heterocycles. The van der Waals surface area contributed by atoms with Crippen LogP contribution in [0, 0.1) is 5.82 Å². The predicted molar refractivity (Wildman–Crippen MR) is 84.1 cm³/mol. The molecule has 0 amide bonds. The van der Waals surface area contributed by atoms with Gasteiger partial charge in [-0.3, -0.25) is 4.90 Å². The molecule has 1 N–H and O–H groups in total. The second-order valence-electron chi connectivity index (χ2n) is 5.41. The molecule has 1 aromatic heterocycles. The Hall–Kier alpha value is -1.48. The third-order valence-electron chi connectivity index (χ3n) is 3.97. The molecule has 6 nitrogen and oxygen atoms in total. The first-order chi connectivity index (χ1) is 10.9. The van der Waals surface area contributed by atoms with Gasteiger partial charge in [-0.25, -0.2) is 17.8 Å². The van der Waals surface area contributed by atoms with Crippen LogP contribution < -0.4 is 0 Å². The Balaban J connectivity index is 1.89. The van der Waals surface area contributed by atoms with Crippen molar-refractivity contribution >= 4 is 21.6 Å². The molecule has 2 aromatic rings. The second-order valence-corrected chi connectivity index (χ2v) is 7.75. The molecule has 124 valence electrons. The number of halogens is 2. The van der Waals surface area contributed by atoms with Crippen LogP contribution in [0.5, 0.6) is 0 Å². The summed E-state index contributed by atoms with van der Waals surface area (Å²) in [4.78, 5) is 9.27. The van der Waals surface area contributed by atoms with Crippen molar-refractivity contribution in [3.05, 3.63) is 47.3 Å². The lowest BCUT2D eigenvalue weighted by Gasteiger charge is -2.37. The van der Waals surface area contributed by atoms with Crippen LogP contribution in [0.25, 0.3) is 0 Å². The summed E-state index contributed by atoms with van der Waals surface area (Å²) in [6.07, 6.45) is 3.34. The van der Waals surface area contributed by atoms with Gasteiger partial charge in [-0.1, -0.05) is 11.6 Å². The van der Waals surface area contributed by atoms with Crippen LogP contribution in [0.15, 0.2) is 35.5 Å². The summed E-state index contributed by atoms with van der Waals surface area (Å²) in [7, 11) is -1.81. The van der Waals surface area contributed by atoms with Crippen LogP contribution in [0.3, 0.4) is 0 Å². The summed E-state index contributed by atoms with van der Waals surface area (Å²) in [6.45, 7) is 1.19. The molecule has 1 fully saturated rings. The van der Waals surface area contributed by atoms with Crippen LogP contribution in [-0.4, -0.2) is 54.3 Å². The minimum atomic E-state index is -3.73. The number of rotatable bonds is 3. The fourth-order valence-corrected chi connectivity index (χ4v) is 4.32. The van der Waals surface area contributed by atoms with Crippen molar-refractivity contribution in [3.8, 4) is 0 Å². The molecular weight excluding hydrogens is 343 g/mol. The molecule has 0 bridgehead atoms. The average molecular weight is 359 g/mol. The Labute approximate surface area is 138 Å². The number of sulfonamides is 1. The van der Waals surface area contributed by atoms with Crippen LogP contribution in [0.1, 0.15) is 11.9 Å². The van der Waals surface area contributed by atoms with Gasteiger partial charge >= 0.3 is 0 Å². The standard InChI is InChI=1S/C14H16ClFN4O2S/c1-19-6-7-20(9-13(19)14-17-4-5-18-14)23(21,22)10-2-3-12(16)11(15)8-10/h2-5,8,13H,6-7,9H2,1H3,(H,17,18). The van der Waals surface area contributed by atoms with Gasteiger partial charge in [-0.2, -0.15) is 4.31 Å². The maximum Gasteiger partial charge on any atom is 0.243 e. The van der Waals surface area contributed by atoms with Crippen molar-refractivity contribution in [2.24, 2.45) is 0 Å². The number of hydrogen-bond acceptors (Lipinski definition) is 4. The average Bonchev–Trinajstić information content (AvgIpc) is 3.04. The number of likely N-dealkylation sites (N-methyl/N-ethyl adjacent to an activating group) is 1. The maximum absolute atomic E-state index is 13.3. The number of nitrogens with one attached hydrogen (secondary N) is 1. The van der Waals surface area contributed by atoms with E-state index < -0.39 is 15.8 Å². The zero-order valence-electron chi connectivity index (χ0n) is 12.4. The quantitative estimate of drug-likeness (QED) is 0.909. The minimum absolute atomic E-state index is 0.00773. The van der Waals surface area contributed by atoms with Crippen LogP contribution in [0.4, 0.5) is 4.39 Å². The molecule has 2 heterocycles. The highest BCUT2D eigenvalue weighted by atomic mass is 35.5. The summed E-state index contributed by atoms with van der Waals surface area (Å²) < 4.78 is 40.2. The first-order valence-electron chi connectivity index (χ1n) is 7.04. The van der Waals surface area contributed by atoms with E-state index in [0.717, 1.165) is 12.1 Å². The molecule has 0 aliphatic carbocycles. The highest BCUT2D eigenvalue weighted by molar-refractivity contribution is 7.89. The van der Waals surface area contributed by atoms with E-state index in [1.54, 1.807) is 12.4 Å². The molecule has 0 spiro atoms. The fraction of sp³-hybridized carbons (Fsp3) is 0.357. The summed E-state index contributed by atoms with van der Waals surface area (Å²) in [5.41, 5.74) is 0. The molecule has 3 rings (SSSR count). The number of nitrogens with zero attached hydrogens (tertiary/aromatic N) is 3.